The Balaban J connectivity index is 1.50. The number of nitrogens with zero attached hydrogens (tertiary/aromatic N) is 4. The van der Waals surface area contributed by atoms with Crippen molar-refractivity contribution in [3.05, 3.63) is 35.8 Å². The van der Waals surface area contributed by atoms with Gasteiger partial charge in [0.2, 0.25) is 17.8 Å². The van der Waals surface area contributed by atoms with Crippen LogP contribution in [0.2, 0.25) is 0 Å². The number of anilines is 3. The third-order valence-corrected chi connectivity index (χ3v) is 7.04. The topological polar surface area (TPSA) is 140 Å². The number of amides is 1. The zero-order chi connectivity index (χ0) is 26.1. The van der Waals surface area contributed by atoms with Crippen LogP contribution in [0.4, 0.5) is 30.8 Å². The number of halogens is 3. The second-order valence-corrected chi connectivity index (χ2v) is 9.53. The fourth-order valence-corrected chi connectivity index (χ4v) is 5.11. The molecule has 0 bridgehead atoms. The maximum absolute atomic E-state index is 14.5. The van der Waals surface area contributed by atoms with E-state index in [-0.39, 0.29) is 42.6 Å². The van der Waals surface area contributed by atoms with E-state index in [1.165, 1.54) is 6.20 Å². The Morgan fingerprint density at radius 2 is 1.86 bits per heavy atom. The van der Waals surface area contributed by atoms with Crippen molar-refractivity contribution in [1.29, 1.82) is 0 Å². The van der Waals surface area contributed by atoms with E-state index in [9.17, 15) is 23.1 Å². The molecule has 1 saturated heterocycles. The van der Waals surface area contributed by atoms with Gasteiger partial charge in [-0.3, -0.25) is 9.36 Å². The quantitative estimate of drug-likeness (QED) is 0.373. The fourth-order valence-electron chi connectivity index (χ4n) is 5.11. The molecular weight excluding hydrogens is 491 g/mol. The lowest BCUT2D eigenvalue weighted by Gasteiger charge is -2.29. The molecule has 2 aliphatic rings. The second kappa shape index (κ2) is 10.5. The van der Waals surface area contributed by atoms with E-state index in [0.717, 1.165) is 0 Å². The van der Waals surface area contributed by atoms with Gasteiger partial charge in [-0.1, -0.05) is 0 Å². The third kappa shape index (κ3) is 5.32. The van der Waals surface area contributed by atoms with Crippen LogP contribution in [0.3, 0.4) is 0 Å². The van der Waals surface area contributed by atoms with Crippen LogP contribution in [0.5, 0.6) is 0 Å². The van der Waals surface area contributed by atoms with E-state index in [1.807, 2.05) is 0 Å². The number of carbonyl (C=O) groups excluding carboxylic acids is 1. The predicted octanol–water partition coefficient (Wildman–Crippen LogP) is 3.16. The Morgan fingerprint density at radius 1 is 1.14 bits per heavy atom. The number of rotatable bonds is 7. The van der Waals surface area contributed by atoms with Crippen molar-refractivity contribution in [2.24, 2.45) is 11.7 Å². The first-order valence-corrected chi connectivity index (χ1v) is 12.3. The standard InChI is InChI=1S/C24H28F3N7O3/c25-13-7-17(26)20(18(27)8-13)32-24-31-19-10-29-23(30-14-5-6-37-16(9-14)11-35)33-22(19)34(24)15-3-1-12(2-4-15)21(28)36/h7-8,10,12,14-16,35H,1-6,9,11H2,(H2,28,36)(H,31,32)(H,29,30,33)/t12-,14-,15+,16+/m1/s1. The van der Waals surface area contributed by atoms with Gasteiger partial charge in [0, 0.05) is 36.7 Å². The van der Waals surface area contributed by atoms with Gasteiger partial charge in [-0.2, -0.15) is 4.98 Å². The van der Waals surface area contributed by atoms with E-state index in [0.29, 0.717) is 74.4 Å². The van der Waals surface area contributed by atoms with Crippen molar-refractivity contribution in [2.45, 2.75) is 56.7 Å². The lowest BCUT2D eigenvalue weighted by molar-refractivity contribution is -0.122. The summed E-state index contributed by atoms with van der Waals surface area (Å²) in [6.07, 6.45) is 4.81. The molecule has 5 rings (SSSR count). The van der Waals surface area contributed by atoms with Crippen molar-refractivity contribution < 1.29 is 27.8 Å². The van der Waals surface area contributed by atoms with Gasteiger partial charge in [0.25, 0.3) is 0 Å². The highest BCUT2D eigenvalue weighted by Crippen LogP contribution is 2.37. The number of imidazole rings is 1. The average Bonchev–Trinajstić information content (AvgIpc) is 3.23. The summed E-state index contributed by atoms with van der Waals surface area (Å²) >= 11 is 0. The van der Waals surface area contributed by atoms with Crippen LogP contribution >= 0.6 is 0 Å². The van der Waals surface area contributed by atoms with Gasteiger partial charge in [-0.05, 0) is 38.5 Å². The molecule has 3 aromatic rings. The van der Waals surface area contributed by atoms with Gasteiger partial charge in [0.05, 0.1) is 18.9 Å². The van der Waals surface area contributed by atoms with Gasteiger partial charge < -0.3 is 26.2 Å². The Bertz CT molecular complexity index is 1270. The number of nitrogens with one attached hydrogen (secondary N) is 2. The van der Waals surface area contributed by atoms with Gasteiger partial charge in [-0.25, -0.2) is 23.1 Å². The summed E-state index contributed by atoms with van der Waals surface area (Å²) in [5.74, 6) is -3.35. The first-order valence-electron chi connectivity index (χ1n) is 12.3. The molecule has 37 heavy (non-hydrogen) atoms. The third-order valence-electron chi connectivity index (χ3n) is 7.04. The largest absolute Gasteiger partial charge is 0.394 e. The SMILES string of the molecule is NC(=O)[C@H]1CC[C@@H](n2c(Nc3c(F)cc(F)cc3F)nc3cnc(N[C@@H]4CCO[C@H](CO)C4)nc32)CC1. The zero-order valence-electron chi connectivity index (χ0n) is 20.0. The second-order valence-electron chi connectivity index (χ2n) is 9.53. The monoisotopic (exact) mass is 519 g/mol. The summed E-state index contributed by atoms with van der Waals surface area (Å²) in [6.45, 7) is 0.416. The summed E-state index contributed by atoms with van der Waals surface area (Å²) in [6, 6.07) is 0.988. The highest BCUT2D eigenvalue weighted by atomic mass is 19.1. The number of fused-ring (bicyclic) bond motifs is 1. The van der Waals surface area contributed by atoms with Gasteiger partial charge in [0.15, 0.2) is 17.3 Å². The summed E-state index contributed by atoms with van der Waals surface area (Å²) in [5, 5.41) is 15.4. The molecule has 3 heterocycles. The van der Waals surface area contributed by atoms with E-state index in [1.54, 1.807) is 4.57 Å². The predicted molar refractivity (Wildman–Crippen MR) is 129 cm³/mol. The first kappa shape index (κ1) is 25.2. The van der Waals surface area contributed by atoms with Crippen LogP contribution < -0.4 is 16.4 Å². The Kier molecular flexibility index (Phi) is 7.15. The first-order chi connectivity index (χ1) is 17.8. The molecule has 1 aliphatic heterocycles. The number of ether oxygens (including phenoxy) is 1. The molecule has 10 nitrogen and oxygen atoms in total. The molecule has 2 atom stereocenters. The highest BCUT2D eigenvalue weighted by molar-refractivity contribution is 5.78. The van der Waals surface area contributed by atoms with Crippen LogP contribution in [0.1, 0.15) is 44.6 Å². The van der Waals surface area contributed by atoms with Crippen LogP contribution in [0.25, 0.3) is 11.2 Å². The summed E-state index contributed by atoms with van der Waals surface area (Å²) < 4.78 is 49.6. The minimum Gasteiger partial charge on any atom is -0.394 e. The normalized spacial score (nSPS) is 24.2. The lowest BCUT2D eigenvalue weighted by atomic mass is 9.85. The number of aliphatic hydroxyl groups is 1. The molecule has 0 radical (unpaired) electrons. The summed E-state index contributed by atoms with van der Waals surface area (Å²) in [4.78, 5) is 25.2. The maximum atomic E-state index is 14.5. The molecule has 1 saturated carbocycles. The Hall–Kier alpha value is -3.45. The number of hydrogen-bond donors (Lipinski definition) is 4. The van der Waals surface area contributed by atoms with E-state index in [2.05, 4.69) is 25.6 Å². The minimum atomic E-state index is -1.10. The molecule has 2 aromatic heterocycles. The van der Waals surface area contributed by atoms with E-state index < -0.39 is 23.1 Å². The van der Waals surface area contributed by atoms with Crippen molar-refractivity contribution in [1.82, 2.24) is 19.5 Å². The van der Waals surface area contributed by atoms with Crippen molar-refractivity contribution in [3.8, 4) is 0 Å². The van der Waals surface area contributed by atoms with E-state index >= 15 is 0 Å². The Labute approximate surface area is 210 Å². The van der Waals surface area contributed by atoms with E-state index in [4.69, 9.17) is 10.5 Å². The smallest absolute Gasteiger partial charge is 0.224 e. The number of nitrogens with two attached hydrogens (primary N) is 1. The summed E-state index contributed by atoms with van der Waals surface area (Å²) in [7, 11) is 0. The molecule has 13 heteroatoms. The molecule has 1 amide bonds. The molecule has 0 unspecified atom stereocenters. The molecule has 5 N–H and O–H groups in total. The van der Waals surface area contributed by atoms with Crippen molar-refractivity contribution >= 4 is 34.7 Å². The maximum Gasteiger partial charge on any atom is 0.224 e. The van der Waals surface area contributed by atoms with Crippen LogP contribution in [-0.4, -0.2) is 55.9 Å². The molecule has 2 fully saturated rings. The molecule has 1 aromatic carbocycles. The number of benzene rings is 1. The van der Waals surface area contributed by atoms with Crippen LogP contribution in [0.15, 0.2) is 18.3 Å². The van der Waals surface area contributed by atoms with Crippen molar-refractivity contribution in [3.63, 3.8) is 0 Å². The summed E-state index contributed by atoms with van der Waals surface area (Å²) in [5.41, 5.74) is 5.79. The molecular formula is C24H28F3N7O3. The molecule has 1 aliphatic carbocycles. The number of aliphatic hydroxyl groups excluding tert-OH is 1. The molecule has 0 spiro atoms. The van der Waals surface area contributed by atoms with Gasteiger partial charge in [-0.15, -0.1) is 0 Å². The van der Waals surface area contributed by atoms with Crippen LogP contribution in [-0.2, 0) is 9.53 Å². The van der Waals surface area contributed by atoms with Crippen molar-refractivity contribution in [2.75, 3.05) is 23.8 Å². The lowest BCUT2D eigenvalue weighted by Crippen LogP contribution is -2.36. The highest BCUT2D eigenvalue weighted by Gasteiger charge is 2.30. The molecule has 198 valence electrons. The number of hydrogen-bond acceptors (Lipinski definition) is 8. The number of aromatic nitrogens is 4. The van der Waals surface area contributed by atoms with Gasteiger partial charge >= 0.3 is 0 Å². The zero-order valence-corrected chi connectivity index (χ0v) is 20.0. The number of primary amides is 1. The number of carbonyl (C=O) groups is 1. The fraction of sp³-hybridized carbons (Fsp3) is 0.500. The minimum absolute atomic E-state index is 0.00858. The average molecular weight is 520 g/mol. The van der Waals surface area contributed by atoms with Gasteiger partial charge in [0.1, 0.15) is 17.0 Å². The van der Waals surface area contributed by atoms with Crippen LogP contribution in [0, 0.1) is 23.4 Å². The Morgan fingerprint density at radius 3 is 2.54 bits per heavy atom.